The molecule has 3 aromatic carbocycles. The number of fused-ring (bicyclic) bond motifs is 1. The van der Waals surface area contributed by atoms with Crippen LogP contribution in [0.15, 0.2) is 86.8 Å². The molecular formula is C29H18Cl3N3O5S2. The van der Waals surface area contributed by atoms with Gasteiger partial charge in [0.2, 0.25) is 10.9 Å². The molecular weight excluding hydrogens is 641 g/mol. The number of aliphatic hydroxyl groups excluding tert-OH is 1. The molecule has 0 saturated heterocycles. The Hall–Kier alpha value is -3.54. The van der Waals surface area contributed by atoms with Crippen LogP contribution >= 0.6 is 57.9 Å². The standard InChI is InChI=1S/C29H18Cl3N3O5S2/c1-39-20-7-3-5-15-11-21(40-26(15)20)24(36)22-23(14-4-2-6-17(30)10-14)35(27(38)25(22)37)28-33-34-29(42-28)41-13-16-8-9-18(31)12-19(16)32/h2-12,23,37H,13H2,1H3. The lowest BCUT2D eigenvalue weighted by atomic mass is 9.95. The number of aromatic nitrogens is 2. The van der Waals surface area contributed by atoms with E-state index in [-0.39, 0.29) is 16.5 Å². The lowest BCUT2D eigenvalue weighted by Crippen LogP contribution is -2.31. The van der Waals surface area contributed by atoms with E-state index in [4.69, 9.17) is 44.0 Å². The molecule has 1 atom stereocenters. The third-order valence-corrected chi connectivity index (χ3v) is 9.46. The molecule has 212 valence electrons. The molecule has 8 nitrogen and oxygen atoms in total. The van der Waals surface area contributed by atoms with Gasteiger partial charge in [-0.05, 0) is 47.5 Å². The molecule has 6 rings (SSSR count). The molecule has 5 aromatic rings. The lowest BCUT2D eigenvalue weighted by molar-refractivity contribution is -0.117. The number of Topliss-reactive ketones (excluding diaryl/α,β-unsaturated/α-hetero) is 1. The number of hydrogen-bond acceptors (Lipinski definition) is 9. The molecule has 1 N–H and O–H groups in total. The predicted octanol–water partition coefficient (Wildman–Crippen LogP) is 8.33. The number of anilines is 1. The van der Waals surface area contributed by atoms with Crippen LogP contribution in [0.25, 0.3) is 11.0 Å². The first-order chi connectivity index (χ1) is 20.2. The molecule has 0 fully saturated rings. The number of halogens is 3. The maximum absolute atomic E-state index is 13.9. The van der Waals surface area contributed by atoms with E-state index in [0.29, 0.717) is 47.4 Å². The number of methoxy groups -OCH3 is 1. The van der Waals surface area contributed by atoms with Crippen molar-refractivity contribution in [3.8, 4) is 5.75 Å². The highest BCUT2D eigenvalue weighted by Crippen LogP contribution is 2.45. The number of thioether (sulfide) groups is 1. The van der Waals surface area contributed by atoms with Crippen LogP contribution in [0.1, 0.15) is 27.7 Å². The van der Waals surface area contributed by atoms with E-state index in [9.17, 15) is 14.7 Å². The summed E-state index contributed by atoms with van der Waals surface area (Å²) in [5.41, 5.74) is 1.55. The Balaban J connectivity index is 1.36. The summed E-state index contributed by atoms with van der Waals surface area (Å²) in [7, 11) is 1.49. The van der Waals surface area contributed by atoms with Gasteiger partial charge >= 0.3 is 0 Å². The average Bonchev–Trinajstić information content (AvgIpc) is 3.68. The minimum atomic E-state index is -1.05. The quantitative estimate of drug-likeness (QED) is 0.101. The van der Waals surface area contributed by atoms with Crippen LogP contribution in [-0.4, -0.2) is 34.1 Å². The summed E-state index contributed by atoms with van der Waals surface area (Å²) in [6, 6.07) is 17.7. The summed E-state index contributed by atoms with van der Waals surface area (Å²) in [6.07, 6.45) is 0. The van der Waals surface area contributed by atoms with Gasteiger partial charge in [-0.1, -0.05) is 88.2 Å². The third kappa shape index (κ3) is 5.25. The number of ether oxygens (including phenoxy) is 1. The summed E-state index contributed by atoms with van der Waals surface area (Å²) in [6.45, 7) is 0. The third-order valence-electron chi connectivity index (χ3n) is 6.54. The number of amides is 1. The Kier molecular flexibility index (Phi) is 7.91. The number of carbonyl (C=O) groups is 2. The van der Waals surface area contributed by atoms with E-state index in [1.165, 1.54) is 23.8 Å². The summed E-state index contributed by atoms with van der Waals surface area (Å²) < 4.78 is 11.8. The smallest absolute Gasteiger partial charge is 0.296 e. The van der Waals surface area contributed by atoms with Crippen LogP contribution in [0.3, 0.4) is 0 Å². The molecule has 0 radical (unpaired) electrons. The van der Waals surface area contributed by atoms with Gasteiger partial charge in [0, 0.05) is 26.2 Å². The van der Waals surface area contributed by atoms with Gasteiger partial charge in [0.25, 0.3) is 5.91 Å². The van der Waals surface area contributed by atoms with Crippen LogP contribution in [0, 0.1) is 0 Å². The van der Waals surface area contributed by atoms with E-state index < -0.39 is 23.5 Å². The fraction of sp³-hybridized carbons (Fsp3) is 0.103. The number of furan rings is 1. The van der Waals surface area contributed by atoms with Gasteiger partial charge in [-0.2, -0.15) is 0 Å². The first-order valence-electron chi connectivity index (χ1n) is 12.3. The summed E-state index contributed by atoms with van der Waals surface area (Å²) >= 11 is 21.1. The van der Waals surface area contributed by atoms with Gasteiger partial charge in [-0.25, -0.2) is 0 Å². The Labute approximate surface area is 262 Å². The maximum atomic E-state index is 13.9. The number of para-hydroxylation sites is 1. The van der Waals surface area contributed by atoms with Crippen molar-refractivity contribution in [1.82, 2.24) is 10.2 Å². The van der Waals surface area contributed by atoms with E-state index in [1.807, 2.05) is 6.07 Å². The van der Waals surface area contributed by atoms with Gasteiger partial charge in [0.15, 0.2) is 27.2 Å². The largest absolute Gasteiger partial charge is 0.503 e. The molecule has 1 aliphatic heterocycles. The van der Waals surface area contributed by atoms with E-state index in [2.05, 4.69) is 10.2 Å². The van der Waals surface area contributed by atoms with Crippen LogP contribution in [0.5, 0.6) is 5.75 Å². The van der Waals surface area contributed by atoms with Crippen LogP contribution in [0.2, 0.25) is 15.1 Å². The predicted molar refractivity (Wildman–Crippen MR) is 164 cm³/mol. The fourth-order valence-corrected chi connectivity index (χ4v) is 7.23. The molecule has 13 heteroatoms. The average molecular weight is 659 g/mol. The highest BCUT2D eigenvalue weighted by atomic mass is 35.5. The Morgan fingerprint density at radius 1 is 1.07 bits per heavy atom. The topological polar surface area (TPSA) is 106 Å². The molecule has 0 bridgehead atoms. The van der Waals surface area contributed by atoms with Crippen molar-refractivity contribution in [2.24, 2.45) is 0 Å². The Bertz CT molecular complexity index is 1900. The Morgan fingerprint density at radius 3 is 2.62 bits per heavy atom. The second kappa shape index (κ2) is 11.6. The minimum absolute atomic E-state index is 0.0638. The first-order valence-corrected chi connectivity index (χ1v) is 15.2. The molecule has 0 aliphatic carbocycles. The van der Waals surface area contributed by atoms with Crippen molar-refractivity contribution < 1.29 is 23.8 Å². The minimum Gasteiger partial charge on any atom is -0.503 e. The first kappa shape index (κ1) is 28.6. The van der Waals surface area contributed by atoms with Gasteiger partial charge < -0.3 is 14.3 Å². The maximum Gasteiger partial charge on any atom is 0.296 e. The molecule has 42 heavy (non-hydrogen) atoms. The van der Waals surface area contributed by atoms with E-state index >= 15 is 0 Å². The van der Waals surface area contributed by atoms with Gasteiger partial charge in [0.05, 0.1) is 18.7 Å². The van der Waals surface area contributed by atoms with E-state index in [0.717, 1.165) is 16.9 Å². The van der Waals surface area contributed by atoms with Crippen molar-refractivity contribution in [2.45, 2.75) is 16.1 Å². The highest BCUT2D eigenvalue weighted by molar-refractivity contribution is 8.00. The number of aliphatic hydroxyl groups is 1. The second-order valence-corrected chi connectivity index (χ2v) is 12.5. The number of hydrogen-bond donors (Lipinski definition) is 1. The number of ketones is 1. The SMILES string of the molecule is COc1cccc2cc(C(=O)C3=C(O)C(=O)N(c4nnc(SCc5ccc(Cl)cc5Cl)s4)C3c3cccc(Cl)c3)oc12. The monoisotopic (exact) mass is 657 g/mol. The zero-order valence-electron chi connectivity index (χ0n) is 21.5. The van der Waals surface area contributed by atoms with Crippen molar-refractivity contribution in [1.29, 1.82) is 0 Å². The van der Waals surface area contributed by atoms with E-state index in [1.54, 1.807) is 60.7 Å². The number of rotatable bonds is 8. The zero-order chi connectivity index (χ0) is 29.5. The van der Waals surface area contributed by atoms with Crippen molar-refractivity contribution in [3.05, 3.63) is 110 Å². The van der Waals surface area contributed by atoms with Crippen molar-refractivity contribution in [3.63, 3.8) is 0 Å². The molecule has 2 aromatic heterocycles. The summed E-state index contributed by atoms with van der Waals surface area (Å²) in [5.74, 6) is -1.31. The molecule has 1 aliphatic rings. The van der Waals surface area contributed by atoms with Gasteiger partial charge in [-0.15, -0.1) is 10.2 Å². The lowest BCUT2D eigenvalue weighted by Gasteiger charge is -2.24. The van der Waals surface area contributed by atoms with Crippen LogP contribution < -0.4 is 9.64 Å². The van der Waals surface area contributed by atoms with Crippen molar-refractivity contribution in [2.75, 3.05) is 12.0 Å². The molecule has 3 heterocycles. The van der Waals surface area contributed by atoms with Gasteiger partial charge in [0.1, 0.15) is 0 Å². The number of nitrogens with zero attached hydrogens (tertiary/aromatic N) is 3. The number of carbonyl (C=O) groups excluding carboxylic acids is 2. The molecule has 0 spiro atoms. The summed E-state index contributed by atoms with van der Waals surface area (Å²) in [5, 5.41) is 21.8. The molecule has 1 amide bonds. The second-order valence-electron chi connectivity index (χ2n) is 9.09. The van der Waals surface area contributed by atoms with Crippen molar-refractivity contribution >= 4 is 85.7 Å². The fourth-order valence-electron chi connectivity index (χ4n) is 4.60. The van der Waals surface area contributed by atoms with Gasteiger partial charge in [-0.3, -0.25) is 14.5 Å². The van der Waals surface area contributed by atoms with Crippen LogP contribution in [-0.2, 0) is 10.5 Å². The highest BCUT2D eigenvalue weighted by Gasteiger charge is 2.47. The zero-order valence-corrected chi connectivity index (χ0v) is 25.4. The summed E-state index contributed by atoms with van der Waals surface area (Å²) in [4.78, 5) is 28.7. The number of benzene rings is 3. The molecule has 0 saturated carbocycles. The van der Waals surface area contributed by atoms with Crippen LogP contribution in [0.4, 0.5) is 5.13 Å². The molecule has 1 unspecified atom stereocenters. The Morgan fingerprint density at radius 2 is 1.86 bits per heavy atom. The normalized spacial score (nSPS) is 15.2.